The van der Waals surface area contributed by atoms with Crippen LogP contribution in [0.5, 0.6) is 11.5 Å². The second kappa shape index (κ2) is 7.27. The number of aryl methyl sites for hydroxylation is 1. The quantitative estimate of drug-likeness (QED) is 0.547. The first kappa shape index (κ1) is 18.3. The number of benzene rings is 2. The van der Waals surface area contributed by atoms with Crippen molar-refractivity contribution in [3.63, 3.8) is 0 Å². The summed E-state index contributed by atoms with van der Waals surface area (Å²) in [6, 6.07) is 12.5. The molecular weight excluding hydrogens is 404 g/mol. The van der Waals surface area contributed by atoms with Gasteiger partial charge in [-0.25, -0.2) is 9.67 Å². The second-order valence-corrected chi connectivity index (χ2v) is 7.53. The lowest BCUT2D eigenvalue weighted by molar-refractivity contribution is 0.102. The first-order valence-corrected chi connectivity index (χ1v) is 10.1. The highest BCUT2D eigenvalue weighted by atomic mass is 32.1. The normalized spacial score (nSPS) is 12.7. The third kappa shape index (κ3) is 3.18. The molecular formula is C21H16N4O4S. The average molecular weight is 420 g/mol. The molecule has 0 unspecified atom stereocenters. The van der Waals surface area contributed by atoms with Crippen LogP contribution < -0.4 is 20.3 Å². The Bertz CT molecular complexity index is 1340. The molecule has 1 aliphatic heterocycles. The maximum atomic E-state index is 12.9. The van der Waals surface area contributed by atoms with Gasteiger partial charge in [0, 0.05) is 23.4 Å². The topological polar surface area (TPSA) is 95.3 Å². The molecule has 3 heterocycles. The Balaban J connectivity index is 1.44. The van der Waals surface area contributed by atoms with Crippen molar-refractivity contribution in [2.24, 2.45) is 7.05 Å². The number of nitrogens with zero attached hydrogens (tertiary/aromatic N) is 3. The Labute approximate surface area is 174 Å². The van der Waals surface area contributed by atoms with E-state index in [2.05, 4.69) is 15.4 Å². The molecule has 0 radical (unpaired) electrons. The predicted molar refractivity (Wildman–Crippen MR) is 113 cm³/mol. The molecule has 30 heavy (non-hydrogen) atoms. The minimum Gasteiger partial charge on any atom is -0.486 e. The largest absolute Gasteiger partial charge is 0.486 e. The number of ether oxygens (including phenoxy) is 2. The average Bonchev–Trinajstić information content (AvgIpc) is 3.24. The van der Waals surface area contributed by atoms with E-state index in [0.717, 1.165) is 5.56 Å². The lowest BCUT2D eigenvalue weighted by atomic mass is 10.1. The Kier molecular flexibility index (Phi) is 4.44. The van der Waals surface area contributed by atoms with Crippen LogP contribution in [0.25, 0.3) is 22.0 Å². The number of hydrogen-bond donors (Lipinski definition) is 1. The van der Waals surface area contributed by atoms with Crippen molar-refractivity contribution in [2.75, 3.05) is 18.5 Å². The number of carbonyl (C=O) groups excluding carboxylic acids is 1. The summed E-state index contributed by atoms with van der Waals surface area (Å²) in [5, 5.41) is 10.2. The summed E-state index contributed by atoms with van der Waals surface area (Å²) >= 11 is 1.31. The third-order valence-electron chi connectivity index (χ3n) is 4.73. The molecule has 0 atom stereocenters. The third-order valence-corrected chi connectivity index (χ3v) is 5.49. The Hall–Kier alpha value is -3.72. The highest BCUT2D eigenvalue weighted by Crippen LogP contribution is 2.35. The number of carbonyl (C=O) groups is 1. The van der Waals surface area contributed by atoms with Crippen LogP contribution in [0.4, 0.5) is 5.13 Å². The number of fused-ring (bicyclic) bond motifs is 2. The summed E-state index contributed by atoms with van der Waals surface area (Å²) in [5.41, 5.74) is 1.49. The van der Waals surface area contributed by atoms with Crippen LogP contribution in [-0.4, -0.2) is 33.9 Å². The van der Waals surface area contributed by atoms with E-state index in [9.17, 15) is 9.59 Å². The molecule has 1 aliphatic rings. The monoisotopic (exact) mass is 420 g/mol. The molecule has 2 aromatic carbocycles. The van der Waals surface area contributed by atoms with Gasteiger partial charge in [0.2, 0.25) is 0 Å². The molecule has 150 valence electrons. The van der Waals surface area contributed by atoms with Gasteiger partial charge in [0.1, 0.15) is 13.2 Å². The van der Waals surface area contributed by atoms with E-state index in [0.29, 0.717) is 46.3 Å². The van der Waals surface area contributed by atoms with Gasteiger partial charge in [0.15, 0.2) is 22.3 Å². The van der Waals surface area contributed by atoms with Crippen molar-refractivity contribution in [1.82, 2.24) is 14.8 Å². The Morgan fingerprint density at radius 2 is 1.87 bits per heavy atom. The molecule has 0 spiro atoms. The summed E-state index contributed by atoms with van der Waals surface area (Å²) in [6.07, 6.45) is 0. The lowest BCUT2D eigenvalue weighted by Gasteiger charge is -2.18. The van der Waals surface area contributed by atoms with Crippen molar-refractivity contribution in [2.45, 2.75) is 0 Å². The van der Waals surface area contributed by atoms with Crippen LogP contribution in [0.3, 0.4) is 0 Å². The van der Waals surface area contributed by atoms with E-state index in [1.165, 1.54) is 23.1 Å². The van der Waals surface area contributed by atoms with Gasteiger partial charge in [-0.1, -0.05) is 18.2 Å². The maximum absolute atomic E-state index is 12.9. The predicted octanol–water partition coefficient (Wildman–Crippen LogP) is 3.08. The number of nitrogens with one attached hydrogen (secondary N) is 1. The molecule has 5 rings (SSSR count). The summed E-state index contributed by atoms with van der Waals surface area (Å²) in [4.78, 5) is 29.6. The van der Waals surface area contributed by atoms with E-state index >= 15 is 0 Å². The standard InChI is InChI=1S/C21H16N4O4S/c1-25-20(27)14-5-3-2-4-13(14)18(24-25)19(26)23-21-22-15(11-30-21)12-6-7-16-17(10-12)29-9-8-28-16/h2-7,10-11H,8-9H2,1H3,(H,22,23,26). The summed E-state index contributed by atoms with van der Waals surface area (Å²) in [7, 11) is 1.52. The van der Waals surface area contributed by atoms with Crippen molar-refractivity contribution in [1.29, 1.82) is 0 Å². The van der Waals surface area contributed by atoms with Gasteiger partial charge in [-0.15, -0.1) is 11.3 Å². The van der Waals surface area contributed by atoms with Crippen LogP contribution in [0.15, 0.2) is 52.6 Å². The van der Waals surface area contributed by atoms with Crippen molar-refractivity contribution >= 4 is 33.1 Å². The molecule has 0 saturated heterocycles. The highest BCUT2D eigenvalue weighted by Gasteiger charge is 2.18. The second-order valence-electron chi connectivity index (χ2n) is 6.67. The lowest BCUT2D eigenvalue weighted by Crippen LogP contribution is -2.25. The van der Waals surface area contributed by atoms with Crippen LogP contribution in [-0.2, 0) is 7.05 Å². The fourth-order valence-corrected chi connectivity index (χ4v) is 4.00. The smallest absolute Gasteiger partial charge is 0.278 e. The Morgan fingerprint density at radius 3 is 2.70 bits per heavy atom. The number of anilines is 1. The fraction of sp³-hybridized carbons (Fsp3) is 0.143. The van der Waals surface area contributed by atoms with E-state index < -0.39 is 5.91 Å². The minimum atomic E-state index is -0.426. The molecule has 9 heteroatoms. The van der Waals surface area contributed by atoms with Crippen molar-refractivity contribution in [3.05, 3.63) is 63.9 Å². The number of hydrogen-bond acceptors (Lipinski definition) is 7. The van der Waals surface area contributed by atoms with Crippen LogP contribution in [0.2, 0.25) is 0 Å². The van der Waals surface area contributed by atoms with Gasteiger partial charge >= 0.3 is 0 Å². The van der Waals surface area contributed by atoms with E-state index in [1.807, 2.05) is 23.6 Å². The first-order valence-electron chi connectivity index (χ1n) is 9.23. The minimum absolute atomic E-state index is 0.170. The van der Waals surface area contributed by atoms with Gasteiger partial charge in [0.25, 0.3) is 11.5 Å². The maximum Gasteiger partial charge on any atom is 0.278 e. The summed E-state index contributed by atoms with van der Waals surface area (Å²) in [6.45, 7) is 1.04. The van der Waals surface area contributed by atoms with Crippen LogP contribution >= 0.6 is 11.3 Å². The van der Waals surface area contributed by atoms with Gasteiger partial charge in [-0.3, -0.25) is 14.9 Å². The molecule has 0 fully saturated rings. The molecule has 1 N–H and O–H groups in total. The molecule has 1 amide bonds. The van der Waals surface area contributed by atoms with Gasteiger partial charge in [-0.2, -0.15) is 5.10 Å². The summed E-state index contributed by atoms with van der Waals surface area (Å²) < 4.78 is 12.3. The molecule has 8 nitrogen and oxygen atoms in total. The van der Waals surface area contributed by atoms with E-state index in [1.54, 1.807) is 24.3 Å². The SMILES string of the molecule is Cn1nc(C(=O)Nc2nc(-c3ccc4c(c3)OCCO4)cs2)c2ccccc2c1=O. The number of amides is 1. The van der Waals surface area contributed by atoms with Gasteiger partial charge in [0.05, 0.1) is 11.1 Å². The Morgan fingerprint density at radius 1 is 1.10 bits per heavy atom. The van der Waals surface area contributed by atoms with Crippen molar-refractivity contribution in [3.8, 4) is 22.8 Å². The zero-order chi connectivity index (χ0) is 20.7. The van der Waals surface area contributed by atoms with Gasteiger partial charge in [-0.05, 0) is 24.3 Å². The number of aromatic nitrogens is 3. The highest BCUT2D eigenvalue weighted by molar-refractivity contribution is 7.14. The first-order chi connectivity index (χ1) is 14.6. The zero-order valence-electron chi connectivity index (χ0n) is 15.9. The number of thiazole rings is 1. The van der Waals surface area contributed by atoms with E-state index in [4.69, 9.17) is 9.47 Å². The van der Waals surface area contributed by atoms with E-state index in [-0.39, 0.29) is 11.3 Å². The van der Waals surface area contributed by atoms with Crippen LogP contribution in [0, 0.1) is 0 Å². The zero-order valence-corrected chi connectivity index (χ0v) is 16.7. The molecule has 0 bridgehead atoms. The summed E-state index contributed by atoms with van der Waals surface area (Å²) in [5.74, 6) is 0.962. The van der Waals surface area contributed by atoms with Gasteiger partial charge < -0.3 is 9.47 Å². The fourth-order valence-electron chi connectivity index (χ4n) is 3.29. The molecule has 0 aliphatic carbocycles. The molecule has 2 aromatic heterocycles. The molecule has 4 aromatic rings. The van der Waals surface area contributed by atoms with Crippen molar-refractivity contribution < 1.29 is 14.3 Å². The molecule has 0 saturated carbocycles. The van der Waals surface area contributed by atoms with Crippen LogP contribution in [0.1, 0.15) is 10.5 Å². The number of rotatable bonds is 3.